The van der Waals surface area contributed by atoms with Gasteiger partial charge in [-0.2, -0.15) is 11.8 Å². The molecule has 0 aromatic carbocycles. The zero-order chi connectivity index (χ0) is 12.4. The predicted octanol–water partition coefficient (Wildman–Crippen LogP) is 1.93. The first-order chi connectivity index (χ1) is 8.15. The van der Waals surface area contributed by atoms with Crippen LogP contribution in [0.15, 0.2) is 0 Å². The Bertz CT molecular complexity index is 321. The normalized spacial score (nSPS) is 32.8. The van der Waals surface area contributed by atoms with Crippen LogP contribution < -0.4 is 0 Å². The van der Waals surface area contributed by atoms with Crippen molar-refractivity contribution in [3.05, 3.63) is 0 Å². The molecule has 3 atom stereocenters. The number of carbonyl (C=O) groups excluding carboxylic acids is 2. The number of amides is 1. The van der Waals surface area contributed by atoms with Gasteiger partial charge in [0.25, 0.3) is 0 Å². The van der Waals surface area contributed by atoms with Gasteiger partial charge in [-0.25, -0.2) is 4.79 Å². The van der Waals surface area contributed by atoms with Crippen molar-refractivity contribution >= 4 is 23.6 Å². The predicted molar refractivity (Wildman–Crippen MR) is 67.2 cm³/mol. The summed E-state index contributed by atoms with van der Waals surface area (Å²) in [4.78, 5) is 25.3. The lowest BCUT2D eigenvalue weighted by molar-refractivity contribution is -0.123. The highest BCUT2D eigenvalue weighted by atomic mass is 32.2. The van der Waals surface area contributed by atoms with E-state index in [0.29, 0.717) is 17.5 Å². The van der Waals surface area contributed by atoms with Crippen molar-refractivity contribution in [3.63, 3.8) is 0 Å². The molecular weight excluding hydrogens is 238 g/mol. The molecule has 96 valence electrons. The minimum atomic E-state index is -0.340. The number of nitrogens with zero attached hydrogens (tertiary/aromatic N) is 1. The molecule has 1 saturated carbocycles. The van der Waals surface area contributed by atoms with Gasteiger partial charge in [0, 0.05) is 24.5 Å². The standard InChI is InChI=1S/C12H19NO3S/c1-13(12(15)16-2)8-7-17-10-6-4-3-5-9(14)11(8)10/h8,10-11H,3-7H2,1-2H3/t8-,10-,11-/m1/s1. The fourth-order valence-electron chi connectivity index (χ4n) is 2.81. The number of hydrogen-bond donors (Lipinski definition) is 0. The summed E-state index contributed by atoms with van der Waals surface area (Å²) in [6.07, 6.45) is 3.57. The largest absolute Gasteiger partial charge is 0.453 e. The third kappa shape index (κ3) is 2.44. The smallest absolute Gasteiger partial charge is 0.409 e. The molecule has 1 heterocycles. The molecule has 1 saturated heterocycles. The molecular formula is C12H19NO3S. The second-order valence-electron chi connectivity index (χ2n) is 4.76. The van der Waals surface area contributed by atoms with Crippen LogP contribution in [0.5, 0.6) is 0 Å². The molecule has 2 fully saturated rings. The summed E-state index contributed by atoms with van der Waals surface area (Å²) in [5.74, 6) is 1.21. The number of rotatable bonds is 1. The first kappa shape index (κ1) is 12.7. The molecule has 0 radical (unpaired) electrons. The van der Waals surface area contributed by atoms with E-state index >= 15 is 0 Å². The molecule has 5 heteroatoms. The van der Waals surface area contributed by atoms with E-state index in [1.165, 1.54) is 7.11 Å². The Morgan fingerprint density at radius 3 is 2.94 bits per heavy atom. The van der Waals surface area contributed by atoms with E-state index in [1.54, 1.807) is 11.9 Å². The SMILES string of the molecule is COC(=O)N(C)[C@@H]1CS[C@@H]2CCCCC(=O)[C@@H]12. The fourth-order valence-corrected chi connectivity index (χ4v) is 4.55. The average molecular weight is 257 g/mol. The topological polar surface area (TPSA) is 46.6 Å². The summed E-state index contributed by atoms with van der Waals surface area (Å²) in [5.41, 5.74) is 0. The van der Waals surface area contributed by atoms with Gasteiger partial charge in [0.05, 0.1) is 19.1 Å². The monoisotopic (exact) mass is 257 g/mol. The molecule has 1 aliphatic heterocycles. The fraction of sp³-hybridized carbons (Fsp3) is 0.833. The first-order valence-electron chi connectivity index (χ1n) is 6.10. The van der Waals surface area contributed by atoms with Crippen LogP contribution in [0.2, 0.25) is 0 Å². The third-order valence-corrected chi connectivity index (χ3v) is 5.28. The van der Waals surface area contributed by atoms with E-state index < -0.39 is 0 Å². The van der Waals surface area contributed by atoms with E-state index in [4.69, 9.17) is 4.74 Å². The molecule has 0 aromatic rings. The van der Waals surface area contributed by atoms with Gasteiger partial charge in [-0.1, -0.05) is 6.42 Å². The van der Waals surface area contributed by atoms with Gasteiger partial charge in [0.15, 0.2) is 0 Å². The minimum Gasteiger partial charge on any atom is -0.453 e. The Balaban J connectivity index is 2.13. The number of fused-ring (bicyclic) bond motifs is 1. The molecule has 1 amide bonds. The molecule has 0 N–H and O–H groups in total. The molecule has 2 rings (SSSR count). The van der Waals surface area contributed by atoms with Gasteiger partial charge in [0.2, 0.25) is 0 Å². The van der Waals surface area contributed by atoms with Gasteiger partial charge < -0.3 is 9.64 Å². The second-order valence-corrected chi connectivity index (χ2v) is 6.03. The van der Waals surface area contributed by atoms with E-state index in [2.05, 4.69) is 0 Å². The van der Waals surface area contributed by atoms with E-state index in [-0.39, 0.29) is 18.1 Å². The van der Waals surface area contributed by atoms with Crippen LogP contribution in [0.25, 0.3) is 0 Å². The maximum atomic E-state index is 12.1. The molecule has 0 bridgehead atoms. The highest BCUT2D eigenvalue weighted by Crippen LogP contribution is 2.41. The van der Waals surface area contributed by atoms with Crippen LogP contribution >= 0.6 is 11.8 Å². The Labute approximate surface area is 106 Å². The summed E-state index contributed by atoms with van der Waals surface area (Å²) in [5, 5.41) is 0.405. The number of Topliss-reactive ketones (excluding diaryl/α,β-unsaturated/α-hetero) is 1. The maximum absolute atomic E-state index is 12.1. The van der Waals surface area contributed by atoms with Crippen molar-refractivity contribution in [1.82, 2.24) is 4.90 Å². The summed E-state index contributed by atoms with van der Waals surface area (Å²) >= 11 is 1.84. The molecule has 0 aromatic heterocycles. The summed E-state index contributed by atoms with van der Waals surface area (Å²) in [6, 6.07) is 0.0167. The van der Waals surface area contributed by atoms with Gasteiger partial charge in [0.1, 0.15) is 5.78 Å². The van der Waals surface area contributed by atoms with Gasteiger partial charge in [-0.15, -0.1) is 0 Å². The summed E-state index contributed by atoms with van der Waals surface area (Å²) < 4.78 is 4.74. The number of thioether (sulfide) groups is 1. The molecule has 1 aliphatic carbocycles. The van der Waals surface area contributed by atoms with Gasteiger partial charge >= 0.3 is 6.09 Å². The Morgan fingerprint density at radius 1 is 1.47 bits per heavy atom. The lowest BCUT2D eigenvalue weighted by Crippen LogP contribution is -2.45. The highest BCUT2D eigenvalue weighted by molar-refractivity contribution is 8.00. The molecule has 4 nitrogen and oxygen atoms in total. The summed E-state index contributed by atoms with van der Waals surface area (Å²) in [7, 11) is 3.12. The quantitative estimate of drug-likeness (QED) is 0.720. The molecule has 0 unspecified atom stereocenters. The van der Waals surface area contributed by atoms with Gasteiger partial charge in [-0.3, -0.25) is 4.79 Å². The highest BCUT2D eigenvalue weighted by Gasteiger charge is 2.45. The number of hydrogen-bond acceptors (Lipinski definition) is 4. The van der Waals surface area contributed by atoms with Crippen molar-refractivity contribution < 1.29 is 14.3 Å². The zero-order valence-corrected chi connectivity index (χ0v) is 11.2. The number of carbonyl (C=O) groups is 2. The minimum absolute atomic E-state index is 0.0167. The van der Waals surface area contributed by atoms with Crippen LogP contribution in [-0.4, -0.2) is 48.0 Å². The van der Waals surface area contributed by atoms with Crippen molar-refractivity contribution in [3.8, 4) is 0 Å². The Morgan fingerprint density at radius 2 is 2.24 bits per heavy atom. The van der Waals surface area contributed by atoms with Crippen molar-refractivity contribution in [2.45, 2.75) is 37.0 Å². The van der Waals surface area contributed by atoms with E-state index in [0.717, 1.165) is 25.0 Å². The second kappa shape index (κ2) is 5.29. The molecule has 17 heavy (non-hydrogen) atoms. The van der Waals surface area contributed by atoms with Crippen molar-refractivity contribution in [1.29, 1.82) is 0 Å². The first-order valence-corrected chi connectivity index (χ1v) is 7.15. The zero-order valence-electron chi connectivity index (χ0n) is 10.3. The van der Waals surface area contributed by atoms with Crippen LogP contribution in [0.4, 0.5) is 4.79 Å². The number of ether oxygens (including phenoxy) is 1. The third-order valence-electron chi connectivity index (χ3n) is 3.79. The molecule has 2 aliphatic rings. The van der Waals surface area contributed by atoms with Crippen molar-refractivity contribution in [2.75, 3.05) is 19.9 Å². The van der Waals surface area contributed by atoms with Crippen LogP contribution in [0, 0.1) is 5.92 Å². The average Bonchev–Trinajstić information content (AvgIpc) is 2.68. The molecule has 0 spiro atoms. The van der Waals surface area contributed by atoms with Crippen molar-refractivity contribution in [2.24, 2.45) is 5.92 Å². The maximum Gasteiger partial charge on any atom is 0.409 e. The van der Waals surface area contributed by atoms with Crippen LogP contribution in [-0.2, 0) is 9.53 Å². The number of methoxy groups -OCH3 is 1. The lowest BCUT2D eigenvalue weighted by Gasteiger charge is -2.28. The summed E-state index contributed by atoms with van der Waals surface area (Å²) in [6.45, 7) is 0. The van der Waals surface area contributed by atoms with E-state index in [9.17, 15) is 9.59 Å². The Kier molecular flexibility index (Phi) is 3.97. The van der Waals surface area contributed by atoms with Gasteiger partial charge in [-0.05, 0) is 12.8 Å². The van der Waals surface area contributed by atoms with Crippen LogP contribution in [0.3, 0.4) is 0 Å². The number of ketones is 1. The lowest BCUT2D eigenvalue weighted by atomic mass is 9.91. The van der Waals surface area contributed by atoms with Crippen LogP contribution in [0.1, 0.15) is 25.7 Å². The Hall–Kier alpha value is -0.710. The van der Waals surface area contributed by atoms with E-state index in [1.807, 2.05) is 11.8 Å².